The summed E-state index contributed by atoms with van der Waals surface area (Å²) in [5.41, 5.74) is 1.02. The first kappa shape index (κ1) is 20.1. The number of hydrogen-bond acceptors (Lipinski definition) is 6. The van der Waals surface area contributed by atoms with Gasteiger partial charge in [0.1, 0.15) is 0 Å². The van der Waals surface area contributed by atoms with Crippen LogP contribution in [0.15, 0.2) is 24.3 Å². The Morgan fingerprint density at radius 2 is 2.23 bits per heavy atom. The predicted molar refractivity (Wildman–Crippen MR) is 107 cm³/mol. The Morgan fingerprint density at radius 3 is 2.93 bits per heavy atom. The lowest BCUT2D eigenvalue weighted by molar-refractivity contribution is -0.137. The van der Waals surface area contributed by atoms with Crippen LogP contribution in [0.25, 0.3) is 5.69 Å². The molecule has 2 atom stereocenters. The molecule has 2 N–H and O–H groups in total. The molecule has 0 bridgehead atoms. The molecule has 2 aliphatic rings. The highest BCUT2D eigenvalue weighted by Gasteiger charge is 2.42. The van der Waals surface area contributed by atoms with Gasteiger partial charge in [-0.05, 0) is 38.0 Å². The first-order chi connectivity index (χ1) is 14.3. The monoisotopic (exact) mass is 409 g/mol. The minimum Gasteiger partial charge on any atom is -0.461 e. The van der Waals surface area contributed by atoms with Crippen molar-refractivity contribution in [3.05, 3.63) is 46.8 Å². The molecule has 2 aromatic rings. The van der Waals surface area contributed by atoms with Gasteiger partial charge in [0.25, 0.3) is 5.91 Å². The average molecular weight is 409 g/mol. The van der Waals surface area contributed by atoms with E-state index in [9.17, 15) is 19.8 Å². The van der Waals surface area contributed by atoms with Crippen molar-refractivity contribution < 1.29 is 24.5 Å². The minimum atomic E-state index is -1.68. The Morgan fingerprint density at radius 1 is 1.43 bits per heavy atom. The Kier molecular flexibility index (Phi) is 5.10. The Labute approximate surface area is 174 Å². The van der Waals surface area contributed by atoms with Gasteiger partial charge >= 0.3 is 5.97 Å². The molecule has 30 heavy (non-hydrogen) atoms. The van der Waals surface area contributed by atoms with E-state index in [0.717, 1.165) is 0 Å². The van der Waals surface area contributed by atoms with Crippen LogP contribution in [0.2, 0.25) is 0 Å². The van der Waals surface area contributed by atoms with Gasteiger partial charge < -0.3 is 19.8 Å². The van der Waals surface area contributed by atoms with Crippen molar-refractivity contribution in [2.75, 3.05) is 20.2 Å². The number of carbonyl (C=O) groups excluding carboxylic acids is 2. The van der Waals surface area contributed by atoms with Crippen LogP contribution in [-0.4, -0.2) is 62.6 Å². The van der Waals surface area contributed by atoms with E-state index in [1.807, 2.05) is 0 Å². The Hall–Kier alpha value is -3.15. The summed E-state index contributed by atoms with van der Waals surface area (Å²) in [4.78, 5) is 25.9. The van der Waals surface area contributed by atoms with Gasteiger partial charge in [-0.25, -0.2) is 9.48 Å². The third-order valence-corrected chi connectivity index (χ3v) is 5.49. The zero-order chi connectivity index (χ0) is 21.5. The van der Waals surface area contributed by atoms with Crippen LogP contribution in [0.5, 0.6) is 0 Å². The fourth-order valence-corrected chi connectivity index (χ4v) is 3.89. The van der Waals surface area contributed by atoms with Crippen LogP contribution in [0.4, 0.5) is 0 Å². The lowest BCUT2D eigenvalue weighted by Crippen LogP contribution is -2.37. The maximum absolute atomic E-state index is 12.3. The molecule has 1 aliphatic heterocycles. The molecule has 2 unspecified atom stereocenters. The molecule has 8 nitrogen and oxygen atoms in total. The normalized spacial score (nSPS) is 22.6. The number of carbonyl (C=O) groups is 2. The van der Waals surface area contributed by atoms with Crippen molar-refractivity contribution in [3.63, 3.8) is 0 Å². The topological polar surface area (TPSA) is 105 Å². The third-order valence-electron chi connectivity index (χ3n) is 5.49. The molecule has 8 heteroatoms. The van der Waals surface area contributed by atoms with Crippen molar-refractivity contribution in [2.45, 2.75) is 37.9 Å². The van der Waals surface area contributed by atoms with Crippen molar-refractivity contribution in [3.8, 4) is 17.5 Å². The van der Waals surface area contributed by atoms with E-state index in [-0.39, 0.29) is 18.7 Å². The van der Waals surface area contributed by atoms with E-state index in [1.165, 1.54) is 4.90 Å². The van der Waals surface area contributed by atoms with E-state index in [0.29, 0.717) is 41.9 Å². The molecule has 1 aromatic carbocycles. The highest BCUT2D eigenvalue weighted by Crippen LogP contribution is 2.35. The first-order valence-corrected chi connectivity index (χ1v) is 9.92. The van der Waals surface area contributed by atoms with Crippen LogP contribution in [0.1, 0.15) is 53.2 Å². The number of benzene rings is 1. The maximum atomic E-state index is 12.3. The highest BCUT2D eigenvalue weighted by atomic mass is 16.5. The second-order valence-corrected chi connectivity index (χ2v) is 7.54. The van der Waals surface area contributed by atoms with Gasteiger partial charge in [0.05, 0.1) is 24.1 Å². The number of esters is 1. The molecule has 4 rings (SSSR count). The summed E-state index contributed by atoms with van der Waals surface area (Å²) in [6, 6.07) is 7.06. The maximum Gasteiger partial charge on any atom is 0.359 e. The number of ether oxygens (including phenoxy) is 1. The standard InChI is InChI=1S/C22H23N3O5/c1-3-30-20(27)18-16-7-8-17(26)19(16)25(23-18)15-6-4-5-14(13-15)9-10-22(29)11-12-24(2)21(22)28/h4-6,13,17,26,29H,3,7-8,11-12H2,1-2H3. The lowest BCUT2D eigenvalue weighted by atomic mass is 10.0. The number of likely N-dealkylation sites (N-methyl/N-ethyl adjacent to an activating group) is 1. The summed E-state index contributed by atoms with van der Waals surface area (Å²) in [6.07, 6.45) is 0.600. The zero-order valence-corrected chi connectivity index (χ0v) is 16.9. The number of aromatic nitrogens is 2. The Balaban J connectivity index is 1.71. The van der Waals surface area contributed by atoms with Crippen molar-refractivity contribution in [1.29, 1.82) is 0 Å². The molecular weight excluding hydrogens is 386 g/mol. The van der Waals surface area contributed by atoms with Gasteiger partial charge in [0, 0.05) is 31.1 Å². The second kappa shape index (κ2) is 7.59. The summed E-state index contributed by atoms with van der Waals surface area (Å²) in [7, 11) is 1.63. The van der Waals surface area contributed by atoms with Gasteiger partial charge in [-0.15, -0.1) is 0 Å². The SMILES string of the molecule is CCOC(=O)c1nn(-c2cccc(C#CC3(O)CCN(C)C3=O)c2)c2c1CCC2O. The number of hydrogen-bond donors (Lipinski definition) is 2. The van der Waals surface area contributed by atoms with Crippen molar-refractivity contribution in [1.82, 2.24) is 14.7 Å². The zero-order valence-electron chi connectivity index (χ0n) is 16.9. The number of fused-ring (bicyclic) bond motifs is 1. The molecule has 1 saturated heterocycles. The van der Waals surface area contributed by atoms with Gasteiger partial charge in [-0.3, -0.25) is 4.79 Å². The van der Waals surface area contributed by atoms with Gasteiger partial charge in [-0.1, -0.05) is 17.9 Å². The molecule has 1 amide bonds. The number of likely N-dealkylation sites (tertiary alicyclic amines) is 1. The molecule has 0 saturated carbocycles. The first-order valence-electron chi connectivity index (χ1n) is 9.92. The quantitative estimate of drug-likeness (QED) is 0.578. The molecule has 1 aromatic heterocycles. The average Bonchev–Trinajstić information content (AvgIpc) is 3.38. The minimum absolute atomic E-state index is 0.216. The molecule has 2 heterocycles. The van der Waals surface area contributed by atoms with Crippen LogP contribution in [0.3, 0.4) is 0 Å². The van der Waals surface area contributed by atoms with Crippen LogP contribution in [-0.2, 0) is 16.0 Å². The van der Waals surface area contributed by atoms with E-state index in [1.54, 1.807) is 42.9 Å². The van der Waals surface area contributed by atoms with E-state index >= 15 is 0 Å². The number of nitrogens with zero attached hydrogens (tertiary/aromatic N) is 3. The molecule has 1 fully saturated rings. The lowest BCUT2D eigenvalue weighted by Gasteiger charge is -2.13. The van der Waals surface area contributed by atoms with Crippen LogP contribution >= 0.6 is 0 Å². The third kappa shape index (κ3) is 3.36. The van der Waals surface area contributed by atoms with E-state index in [4.69, 9.17) is 4.74 Å². The summed E-state index contributed by atoms with van der Waals surface area (Å²) in [5.74, 6) is 4.65. The summed E-state index contributed by atoms with van der Waals surface area (Å²) < 4.78 is 6.65. The number of aliphatic hydroxyl groups excluding tert-OH is 1. The predicted octanol–water partition coefficient (Wildman–Crippen LogP) is 0.973. The largest absolute Gasteiger partial charge is 0.461 e. The van der Waals surface area contributed by atoms with Gasteiger partial charge in [-0.2, -0.15) is 5.10 Å². The van der Waals surface area contributed by atoms with Crippen LogP contribution in [0, 0.1) is 11.8 Å². The summed E-state index contributed by atoms with van der Waals surface area (Å²) in [6.45, 7) is 2.43. The molecule has 0 spiro atoms. The second-order valence-electron chi connectivity index (χ2n) is 7.54. The fourth-order valence-electron chi connectivity index (χ4n) is 3.89. The molecule has 0 radical (unpaired) electrons. The molecule has 1 aliphatic carbocycles. The molecular formula is C22H23N3O5. The smallest absolute Gasteiger partial charge is 0.359 e. The number of aliphatic hydroxyl groups is 2. The number of rotatable bonds is 3. The highest BCUT2D eigenvalue weighted by molar-refractivity contribution is 5.90. The van der Waals surface area contributed by atoms with Crippen molar-refractivity contribution in [2.24, 2.45) is 0 Å². The van der Waals surface area contributed by atoms with E-state index < -0.39 is 23.6 Å². The Bertz CT molecular complexity index is 1080. The molecule has 156 valence electrons. The number of amides is 1. The summed E-state index contributed by atoms with van der Waals surface area (Å²) >= 11 is 0. The van der Waals surface area contributed by atoms with Gasteiger partial charge in [0.15, 0.2) is 5.69 Å². The fraction of sp³-hybridized carbons (Fsp3) is 0.409. The van der Waals surface area contributed by atoms with Crippen molar-refractivity contribution >= 4 is 11.9 Å². The van der Waals surface area contributed by atoms with E-state index in [2.05, 4.69) is 16.9 Å². The summed E-state index contributed by atoms with van der Waals surface area (Å²) in [5, 5.41) is 25.3. The van der Waals surface area contributed by atoms with Crippen LogP contribution < -0.4 is 0 Å². The van der Waals surface area contributed by atoms with Gasteiger partial charge in [0.2, 0.25) is 5.60 Å².